The zero-order chi connectivity index (χ0) is 14.3. The number of amides is 1. The second-order valence-electron chi connectivity index (χ2n) is 4.69. The fourth-order valence-corrected chi connectivity index (χ4v) is 2.08. The summed E-state index contributed by atoms with van der Waals surface area (Å²) in [4.78, 5) is 24.4. The molecule has 1 aliphatic rings. The van der Waals surface area contributed by atoms with Crippen molar-refractivity contribution in [2.75, 3.05) is 13.1 Å². The van der Waals surface area contributed by atoms with Crippen molar-refractivity contribution >= 4 is 11.9 Å². The number of aromatic carboxylic acids is 1. The van der Waals surface area contributed by atoms with Crippen LogP contribution >= 0.6 is 0 Å². The second kappa shape index (κ2) is 4.48. The normalized spacial score (nSPS) is 15.2. The summed E-state index contributed by atoms with van der Waals surface area (Å²) >= 11 is 0. The molecule has 104 valence electrons. The van der Waals surface area contributed by atoms with Crippen molar-refractivity contribution in [1.82, 2.24) is 19.9 Å². The van der Waals surface area contributed by atoms with E-state index in [0.29, 0.717) is 18.8 Å². The van der Waals surface area contributed by atoms with E-state index in [4.69, 9.17) is 9.52 Å². The highest BCUT2D eigenvalue weighted by molar-refractivity contribution is 5.93. The fraction of sp³-hybridized carbons (Fsp3) is 0.333. The topological polar surface area (TPSA) is 101 Å². The molecule has 1 aliphatic heterocycles. The molecule has 0 radical (unpaired) electrons. The summed E-state index contributed by atoms with van der Waals surface area (Å²) in [5, 5.41) is 16.1. The molecule has 2 aromatic heterocycles. The number of carbonyl (C=O) groups excluding carboxylic acids is 1. The molecule has 0 atom stereocenters. The van der Waals surface area contributed by atoms with Crippen LogP contribution in [0.1, 0.15) is 32.6 Å². The Hall–Kier alpha value is -2.64. The highest BCUT2D eigenvalue weighted by atomic mass is 16.4. The van der Waals surface area contributed by atoms with Crippen LogP contribution in [-0.2, 0) is 0 Å². The van der Waals surface area contributed by atoms with E-state index < -0.39 is 5.97 Å². The van der Waals surface area contributed by atoms with Gasteiger partial charge in [-0.2, -0.15) is 0 Å². The first kappa shape index (κ1) is 12.4. The Morgan fingerprint density at radius 1 is 1.45 bits per heavy atom. The zero-order valence-electron chi connectivity index (χ0n) is 10.7. The standard InChI is InChI=1S/C12H12N4O4/c1-7-2-3-20-10(7)11(17)15-4-8(5-15)16-6-9(12(18)19)13-14-16/h2-3,6,8H,4-5H2,1H3,(H,18,19). The number of rotatable bonds is 3. The van der Waals surface area contributed by atoms with E-state index in [-0.39, 0.29) is 17.6 Å². The monoisotopic (exact) mass is 276 g/mol. The van der Waals surface area contributed by atoms with Gasteiger partial charge >= 0.3 is 5.97 Å². The SMILES string of the molecule is Cc1ccoc1C(=O)N1CC(n2cc(C(=O)O)nn2)C1. The van der Waals surface area contributed by atoms with Crippen molar-refractivity contribution < 1.29 is 19.1 Å². The second-order valence-corrected chi connectivity index (χ2v) is 4.69. The number of aryl methyl sites for hydroxylation is 1. The van der Waals surface area contributed by atoms with Crippen molar-refractivity contribution in [1.29, 1.82) is 0 Å². The Balaban J connectivity index is 1.65. The quantitative estimate of drug-likeness (QED) is 0.879. The van der Waals surface area contributed by atoms with Crippen LogP contribution in [0.3, 0.4) is 0 Å². The van der Waals surface area contributed by atoms with Crippen molar-refractivity contribution in [3.8, 4) is 0 Å². The molecule has 0 spiro atoms. The number of nitrogens with zero attached hydrogens (tertiary/aromatic N) is 4. The van der Waals surface area contributed by atoms with Gasteiger partial charge in [0.25, 0.3) is 5.91 Å². The van der Waals surface area contributed by atoms with Gasteiger partial charge in [-0.25, -0.2) is 9.48 Å². The molecule has 3 rings (SSSR count). The van der Waals surface area contributed by atoms with Crippen LogP contribution in [0.15, 0.2) is 22.9 Å². The molecule has 0 saturated carbocycles. The maximum atomic E-state index is 12.1. The predicted octanol–water partition coefficient (Wildman–Crippen LogP) is 0.575. The molecule has 0 bridgehead atoms. The summed E-state index contributed by atoms with van der Waals surface area (Å²) in [6.07, 6.45) is 2.85. The summed E-state index contributed by atoms with van der Waals surface area (Å²) in [5.41, 5.74) is 0.698. The van der Waals surface area contributed by atoms with Gasteiger partial charge in [-0.3, -0.25) is 4.79 Å². The van der Waals surface area contributed by atoms with Crippen molar-refractivity contribution in [2.24, 2.45) is 0 Å². The lowest BCUT2D eigenvalue weighted by atomic mass is 10.1. The minimum Gasteiger partial charge on any atom is -0.476 e. The van der Waals surface area contributed by atoms with E-state index in [1.807, 2.05) is 6.92 Å². The third kappa shape index (κ3) is 1.94. The zero-order valence-corrected chi connectivity index (χ0v) is 10.7. The molecule has 8 nitrogen and oxygen atoms in total. The third-order valence-corrected chi connectivity index (χ3v) is 3.31. The van der Waals surface area contributed by atoms with Gasteiger partial charge in [0, 0.05) is 18.7 Å². The Bertz CT molecular complexity index is 669. The molecule has 0 unspecified atom stereocenters. The lowest BCUT2D eigenvalue weighted by Gasteiger charge is -2.38. The van der Waals surface area contributed by atoms with Gasteiger partial charge in [0.1, 0.15) is 0 Å². The van der Waals surface area contributed by atoms with Crippen molar-refractivity contribution in [3.63, 3.8) is 0 Å². The molecule has 8 heteroatoms. The Morgan fingerprint density at radius 2 is 2.20 bits per heavy atom. The Labute approximate surface area is 113 Å². The van der Waals surface area contributed by atoms with Crippen LogP contribution in [-0.4, -0.2) is 50.0 Å². The summed E-state index contributed by atoms with van der Waals surface area (Å²) in [6.45, 7) is 2.73. The van der Waals surface area contributed by atoms with Crippen LogP contribution in [0, 0.1) is 6.92 Å². The lowest BCUT2D eigenvalue weighted by molar-refractivity contribution is 0.0465. The fourth-order valence-electron chi connectivity index (χ4n) is 2.08. The van der Waals surface area contributed by atoms with E-state index in [2.05, 4.69) is 10.3 Å². The molecule has 1 amide bonds. The molecule has 0 aliphatic carbocycles. The molecule has 1 N–H and O–H groups in total. The minimum atomic E-state index is -1.12. The van der Waals surface area contributed by atoms with Crippen LogP contribution < -0.4 is 0 Å². The summed E-state index contributed by atoms with van der Waals surface area (Å²) < 4.78 is 6.63. The summed E-state index contributed by atoms with van der Waals surface area (Å²) in [7, 11) is 0. The molecule has 20 heavy (non-hydrogen) atoms. The molecule has 0 aromatic carbocycles. The average molecular weight is 276 g/mol. The van der Waals surface area contributed by atoms with Crippen LogP contribution in [0.25, 0.3) is 0 Å². The van der Waals surface area contributed by atoms with E-state index in [1.54, 1.807) is 11.0 Å². The van der Waals surface area contributed by atoms with Gasteiger partial charge in [0.05, 0.1) is 18.5 Å². The van der Waals surface area contributed by atoms with Gasteiger partial charge in [-0.15, -0.1) is 5.10 Å². The first-order valence-electron chi connectivity index (χ1n) is 6.04. The predicted molar refractivity (Wildman–Crippen MR) is 65.4 cm³/mol. The number of hydrogen-bond donors (Lipinski definition) is 1. The number of carboxylic acids is 1. The molecule has 1 saturated heterocycles. The molecule has 1 fully saturated rings. The molecule has 2 aromatic rings. The van der Waals surface area contributed by atoms with Crippen LogP contribution in [0.5, 0.6) is 0 Å². The van der Waals surface area contributed by atoms with Gasteiger partial charge in [-0.1, -0.05) is 5.21 Å². The van der Waals surface area contributed by atoms with Crippen LogP contribution in [0.2, 0.25) is 0 Å². The maximum Gasteiger partial charge on any atom is 0.358 e. The summed E-state index contributed by atoms with van der Waals surface area (Å²) in [5.74, 6) is -0.940. The van der Waals surface area contributed by atoms with Crippen molar-refractivity contribution in [2.45, 2.75) is 13.0 Å². The van der Waals surface area contributed by atoms with E-state index in [0.717, 1.165) is 5.56 Å². The largest absolute Gasteiger partial charge is 0.476 e. The Kier molecular flexibility index (Phi) is 2.78. The number of furan rings is 1. The highest BCUT2D eigenvalue weighted by Gasteiger charge is 2.35. The third-order valence-electron chi connectivity index (χ3n) is 3.31. The molecular weight excluding hydrogens is 264 g/mol. The average Bonchev–Trinajstić information content (AvgIpc) is 2.95. The van der Waals surface area contributed by atoms with E-state index in [9.17, 15) is 9.59 Å². The number of aromatic nitrogens is 3. The first-order valence-corrected chi connectivity index (χ1v) is 6.04. The van der Waals surface area contributed by atoms with Gasteiger partial charge in [0.15, 0.2) is 11.5 Å². The Morgan fingerprint density at radius 3 is 2.75 bits per heavy atom. The van der Waals surface area contributed by atoms with Gasteiger partial charge in [-0.05, 0) is 13.0 Å². The molecule has 3 heterocycles. The highest BCUT2D eigenvalue weighted by Crippen LogP contribution is 2.23. The van der Waals surface area contributed by atoms with E-state index >= 15 is 0 Å². The number of hydrogen-bond acceptors (Lipinski definition) is 5. The number of carboxylic acid groups (broad SMARTS) is 1. The van der Waals surface area contributed by atoms with Crippen molar-refractivity contribution in [3.05, 3.63) is 35.5 Å². The summed E-state index contributed by atoms with van der Waals surface area (Å²) in [6, 6.07) is 1.69. The smallest absolute Gasteiger partial charge is 0.358 e. The number of likely N-dealkylation sites (tertiary alicyclic amines) is 1. The maximum absolute atomic E-state index is 12.1. The van der Waals surface area contributed by atoms with Gasteiger partial charge < -0.3 is 14.4 Å². The minimum absolute atomic E-state index is 0.0465. The number of carbonyl (C=O) groups is 2. The van der Waals surface area contributed by atoms with Crippen LogP contribution in [0.4, 0.5) is 0 Å². The lowest BCUT2D eigenvalue weighted by Crippen LogP contribution is -2.51. The van der Waals surface area contributed by atoms with E-state index in [1.165, 1.54) is 17.1 Å². The molecular formula is C12H12N4O4. The van der Waals surface area contributed by atoms with Gasteiger partial charge in [0.2, 0.25) is 0 Å². The first-order chi connectivity index (χ1) is 9.56.